The van der Waals surface area contributed by atoms with Gasteiger partial charge in [0.15, 0.2) is 0 Å². The van der Waals surface area contributed by atoms with E-state index in [9.17, 15) is 9.18 Å². The maximum Gasteiger partial charge on any atom is 0.258 e. The van der Waals surface area contributed by atoms with E-state index in [4.69, 9.17) is 4.74 Å². The molecule has 1 N–H and O–H groups in total. The van der Waals surface area contributed by atoms with Crippen molar-refractivity contribution < 1.29 is 13.9 Å². The average molecular weight is 392 g/mol. The monoisotopic (exact) mass is 392 g/mol. The van der Waals surface area contributed by atoms with Gasteiger partial charge in [-0.3, -0.25) is 9.78 Å². The van der Waals surface area contributed by atoms with E-state index >= 15 is 0 Å². The lowest BCUT2D eigenvalue weighted by Crippen LogP contribution is -2.15. The maximum atomic E-state index is 13.6. The van der Waals surface area contributed by atoms with Gasteiger partial charge < -0.3 is 10.1 Å². The number of aromatic nitrogens is 3. The number of ether oxygens (including phenoxy) is 1. The third-order valence-electron chi connectivity index (χ3n) is 4.43. The van der Waals surface area contributed by atoms with Gasteiger partial charge in [0, 0.05) is 41.3 Å². The number of nitrogens with zero attached hydrogens (tertiary/aromatic N) is 3. The summed E-state index contributed by atoms with van der Waals surface area (Å²) in [5, 5.41) is 2.67. The van der Waals surface area contributed by atoms with Gasteiger partial charge in [0.05, 0.1) is 18.9 Å². The van der Waals surface area contributed by atoms with Crippen LogP contribution in [0, 0.1) is 12.7 Å². The number of methoxy groups -OCH3 is 1. The van der Waals surface area contributed by atoms with Crippen molar-refractivity contribution in [1.82, 2.24) is 15.0 Å². The molecule has 148 valence electrons. The van der Waals surface area contributed by atoms with E-state index in [1.165, 1.54) is 13.1 Å². The van der Waals surface area contributed by atoms with E-state index in [0.29, 0.717) is 11.7 Å². The van der Waals surface area contributed by atoms with Crippen LogP contribution in [0.3, 0.4) is 0 Å². The Balaban J connectivity index is 1.83. The topological polar surface area (TPSA) is 77.0 Å². The summed E-state index contributed by atoms with van der Waals surface area (Å²) >= 11 is 0. The Morgan fingerprint density at radius 2 is 1.69 bits per heavy atom. The van der Waals surface area contributed by atoms with Crippen LogP contribution in [0.1, 0.15) is 40.9 Å². The molecule has 0 atom stereocenters. The second kappa shape index (κ2) is 8.60. The number of carbonyl (C=O) groups is 1. The van der Waals surface area contributed by atoms with Crippen molar-refractivity contribution in [1.29, 1.82) is 0 Å². The lowest BCUT2D eigenvalue weighted by molar-refractivity contribution is 0.102. The standard InChI is InChI=1S/C22H21FN4O2/c1-13(2)21(16-6-8-20(29-4)26-10-16)15-5-7-19(25-9-15)27-22(28)17-11-24-12-18(23)14(17)3/h5-12H,1-4H3,(H,25,27,28). The molecule has 7 heteroatoms. The smallest absolute Gasteiger partial charge is 0.258 e. The van der Waals surface area contributed by atoms with Crippen molar-refractivity contribution in [3.05, 3.63) is 82.7 Å². The van der Waals surface area contributed by atoms with Gasteiger partial charge in [-0.05, 0) is 44.5 Å². The number of amides is 1. The zero-order chi connectivity index (χ0) is 21.0. The first-order valence-electron chi connectivity index (χ1n) is 8.96. The zero-order valence-electron chi connectivity index (χ0n) is 16.7. The second-order valence-corrected chi connectivity index (χ2v) is 6.64. The molecular formula is C22H21FN4O2. The number of carbonyl (C=O) groups excluding carboxylic acids is 1. The van der Waals surface area contributed by atoms with Crippen LogP contribution < -0.4 is 10.1 Å². The minimum atomic E-state index is -0.526. The highest BCUT2D eigenvalue weighted by Crippen LogP contribution is 2.27. The maximum absolute atomic E-state index is 13.6. The van der Waals surface area contributed by atoms with Gasteiger partial charge in [-0.15, -0.1) is 0 Å². The number of anilines is 1. The van der Waals surface area contributed by atoms with Gasteiger partial charge in [0.2, 0.25) is 5.88 Å². The quantitative estimate of drug-likeness (QED) is 0.695. The van der Waals surface area contributed by atoms with Crippen LogP contribution in [0.25, 0.3) is 5.57 Å². The lowest BCUT2D eigenvalue weighted by atomic mass is 9.96. The molecular weight excluding hydrogens is 371 g/mol. The van der Waals surface area contributed by atoms with Gasteiger partial charge in [-0.1, -0.05) is 5.57 Å². The van der Waals surface area contributed by atoms with Crippen LogP contribution in [0.15, 0.2) is 54.6 Å². The summed E-state index contributed by atoms with van der Waals surface area (Å²) in [6, 6.07) is 7.31. The van der Waals surface area contributed by atoms with Crippen molar-refractivity contribution in [3.63, 3.8) is 0 Å². The van der Waals surface area contributed by atoms with E-state index in [0.717, 1.165) is 28.5 Å². The Kier molecular flexibility index (Phi) is 5.97. The predicted molar refractivity (Wildman–Crippen MR) is 109 cm³/mol. The highest BCUT2D eigenvalue weighted by molar-refractivity contribution is 6.04. The summed E-state index contributed by atoms with van der Waals surface area (Å²) in [6.07, 6.45) is 5.84. The Hall–Kier alpha value is -3.61. The molecule has 3 aromatic heterocycles. The molecule has 0 aliphatic heterocycles. The summed E-state index contributed by atoms with van der Waals surface area (Å²) in [4.78, 5) is 24.7. The largest absolute Gasteiger partial charge is 0.481 e. The molecule has 0 radical (unpaired) electrons. The van der Waals surface area contributed by atoms with Gasteiger partial charge in [-0.25, -0.2) is 14.4 Å². The van der Waals surface area contributed by atoms with Crippen LogP contribution in [0.2, 0.25) is 0 Å². The van der Waals surface area contributed by atoms with Crippen molar-refractivity contribution in [2.75, 3.05) is 12.4 Å². The molecule has 3 rings (SSSR count). The van der Waals surface area contributed by atoms with Crippen molar-refractivity contribution >= 4 is 17.3 Å². The predicted octanol–water partition coefficient (Wildman–Crippen LogP) is 4.42. The molecule has 0 spiro atoms. The molecule has 3 heterocycles. The van der Waals surface area contributed by atoms with Crippen molar-refractivity contribution in [2.24, 2.45) is 0 Å². The summed E-state index contributed by atoms with van der Waals surface area (Å²) in [7, 11) is 1.57. The normalized spacial score (nSPS) is 10.4. The Morgan fingerprint density at radius 3 is 2.24 bits per heavy atom. The highest BCUT2D eigenvalue weighted by Gasteiger charge is 2.14. The first-order chi connectivity index (χ1) is 13.9. The molecule has 1 amide bonds. The van der Waals surface area contributed by atoms with E-state index in [1.807, 2.05) is 26.0 Å². The molecule has 0 saturated heterocycles. The average Bonchev–Trinajstić information content (AvgIpc) is 2.71. The molecule has 29 heavy (non-hydrogen) atoms. The van der Waals surface area contributed by atoms with E-state index < -0.39 is 11.7 Å². The molecule has 3 aromatic rings. The molecule has 0 bridgehead atoms. The lowest BCUT2D eigenvalue weighted by Gasteiger charge is -2.12. The van der Waals surface area contributed by atoms with Gasteiger partial charge in [-0.2, -0.15) is 0 Å². The third-order valence-corrected chi connectivity index (χ3v) is 4.43. The molecule has 0 aliphatic rings. The van der Waals surface area contributed by atoms with Crippen LogP contribution in [0.5, 0.6) is 5.88 Å². The number of allylic oxidation sites excluding steroid dienone is 1. The zero-order valence-corrected chi connectivity index (χ0v) is 16.7. The SMILES string of the molecule is COc1ccc(C(=C(C)C)c2ccc(NC(=O)c3cncc(F)c3C)nc2)cn1. The van der Waals surface area contributed by atoms with E-state index in [2.05, 4.69) is 20.3 Å². The Labute approximate surface area is 168 Å². The summed E-state index contributed by atoms with van der Waals surface area (Å²) in [6.45, 7) is 5.55. The first-order valence-corrected chi connectivity index (χ1v) is 8.96. The molecule has 0 aromatic carbocycles. The molecule has 0 saturated carbocycles. The molecule has 0 aliphatic carbocycles. The Bertz CT molecular complexity index is 1060. The fraction of sp³-hybridized carbons (Fsp3) is 0.182. The van der Waals surface area contributed by atoms with E-state index in [1.54, 1.807) is 31.6 Å². The Morgan fingerprint density at radius 1 is 1.00 bits per heavy atom. The molecule has 0 unspecified atom stereocenters. The number of nitrogens with one attached hydrogen (secondary N) is 1. The summed E-state index contributed by atoms with van der Waals surface area (Å²) in [5.41, 5.74) is 4.33. The van der Waals surface area contributed by atoms with Crippen LogP contribution in [0.4, 0.5) is 10.2 Å². The minimum absolute atomic E-state index is 0.171. The fourth-order valence-electron chi connectivity index (χ4n) is 2.92. The number of hydrogen-bond acceptors (Lipinski definition) is 5. The van der Waals surface area contributed by atoms with Crippen LogP contribution in [-0.4, -0.2) is 28.0 Å². The van der Waals surface area contributed by atoms with Gasteiger partial charge in [0.25, 0.3) is 5.91 Å². The first kappa shape index (κ1) is 20.1. The highest BCUT2D eigenvalue weighted by atomic mass is 19.1. The van der Waals surface area contributed by atoms with Gasteiger partial charge in [0.1, 0.15) is 11.6 Å². The number of rotatable bonds is 5. The van der Waals surface area contributed by atoms with Crippen molar-refractivity contribution in [2.45, 2.75) is 20.8 Å². The minimum Gasteiger partial charge on any atom is -0.481 e. The third kappa shape index (κ3) is 4.45. The number of halogens is 1. The van der Waals surface area contributed by atoms with Crippen LogP contribution >= 0.6 is 0 Å². The molecule has 6 nitrogen and oxygen atoms in total. The fourth-order valence-corrected chi connectivity index (χ4v) is 2.92. The van der Waals surface area contributed by atoms with Gasteiger partial charge >= 0.3 is 0 Å². The number of pyridine rings is 3. The van der Waals surface area contributed by atoms with E-state index in [-0.39, 0.29) is 11.1 Å². The molecule has 0 fully saturated rings. The summed E-state index contributed by atoms with van der Waals surface area (Å²) in [5.74, 6) is -0.0812. The van der Waals surface area contributed by atoms with Crippen molar-refractivity contribution in [3.8, 4) is 5.88 Å². The number of hydrogen-bond donors (Lipinski definition) is 1. The second-order valence-electron chi connectivity index (χ2n) is 6.64. The van der Waals surface area contributed by atoms with Crippen LogP contribution in [-0.2, 0) is 0 Å². The summed E-state index contributed by atoms with van der Waals surface area (Å²) < 4.78 is 18.7.